The lowest BCUT2D eigenvalue weighted by Gasteiger charge is -2.22. The van der Waals surface area contributed by atoms with Crippen LogP contribution in [0.5, 0.6) is 0 Å². The molecule has 4 nitrogen and oxygen atoms in total. The van der Waals surface area contributed by atoms with Gasteiger partial charge >= 0.3 is 5.97 Å². The van der Waals surface area contributed by atoms with Crippen molar-refractivity contribution in [1.29, 1.82) is 0 Å². The molecular formula is C11H17NO3S. The Balaban J connectivity index is 1.75. The van der Waals surface area contributed by atoms with E-state index in [0.717, 1.165) is 12.2 Å². The van der Waals surface area contributed by atoms with Crippen molar-refractivity contribution in [2.24, 2.45) is 11.8 Å². The van der Waals surface area contributed by atoms with Gasteiger partial charge in [0.1, 0.15) is 0 Å². The second kappa shape index (κ2) is 4.28. The molecule has 0 bridgehead atoms. The summed E-state index contributed by atoms with van der Waals surface area (Å²) in [7, 11) is 0. The quantitative estimate of drug-likeness (QED) is 0.776. The molecule has 90 valence electrons. The van der Waals surface area contributed by atoms with Crippen LogP contribution in [-0.2, 0) is 9.59 Å². The molecule has 1 aliphatic heterocycles. The van der Waals surface area contributed by atoms with E-state index in [4.69, 9.17) is 5.11 Å². The SMILES string of the molecule is CC1(CNC(=O)[C@@H]2C[C@@H]2C(=O)O)CCCS1. The number of rotatable bonds is 4. The van der Waals surface area contributed by atoms with Crippen molar-refractivity contribution in [3.8, 4) is 0 Å². The van der Waals surface area contributed by atoms with Crippen LogP contribution in [0.4, 0.5) is 0 Å². The maximum atomic E-state index is 11.6. The van der Waals surface area contributed by atoms with E-state index in [1.165, 1.54) is 6.42 Å². The summed E-state index contributed by atoms with van der Waals surface area (Å²) in [6, 6.07) is 0. The molecule has 0 aromatic carbocycles. The molecule has 2 N–H and O–H groups in total. The average Bonchev–Trinajstić information content (AvgIpc) is 2.93. The molecule has 5 heteroatoms. The number of carbonyl (C=O) groups excluding carboxylic acids is 1. The van der Waals surface area contributed by atoms with Gasteiger partial charge in [0.25, 0.3) is 0 Å². The Hall–Kier alpha value is -0.710. The molecule has 2 aliphatic rings. The molecule has 2 rings (SSSR count). The fourth-order valence-corrected chi connectivity index (χ4v) is 3.38. The van der Waals surface area contributed by atoms with Crippen molar-refractivity contribution in [1.82, 2.24) is 5.32 Å². The third-order valence-corrected chi connectivity index (χ3v) is 4.92. The van der Waals surface area contributed by atoms with Crippen LogP contribution in [0.2, 0.25) is 0 Å². The average molecular weight is 243 g/mol. The van der Waals surface area contributed by atoms with E-state index in [-0.39, 0.29) is 16.6 Å². The second-order valence-electron chi connectivity index (χ2n) is 4.91. The minimum atomic E-state index is -0.846. The number of carbonyl (C=O) groups is 2. The molecule has 2 fully saturated rings. The molecule has 1 aliphatic carbocycles. The Bertz CT molecular complexity index is 312. The van der Waals surface area contributed by atoms with Crippen molar-refractivity contribution in [2.75, 3.05) is 12.3 Å². The van der Waals surface area contributed by atoms with Gasteiger partial charge in [0.15, 0.2) is 0 Å². The van der Waals surface area contributed by atoms with Gasteiger partial charge in [-0.2, -0.15) is 11.8 Å². The Morgan fingerprint density at radius 1 is 1.50 bits per heavy atom. The van der Waals surface area contributed by atoms with E-state index in [0.29, 0.717) is 13.0 Å². The molecule has 16 heavy (non-hydrogen) atoms. The zero-order valence-electron chi connectivity index (χ0n) is 9.36. The Labute approximate surface area is 99.2 Å². The first-order valence-electron chi connectivity index (χ1n) is 5.66. The molecule has 0 spiro atoms. The van der Waals surface area contributed by atoms with E-state index in [1.54, 1.807) is 0 Å². The van der Waals surface area contributed by atoms with Gasteiger partial charge in [-0.1, -0.05) is 0 Å². The van der Waals surface area contributed by atoms with Gasteiger partial charge in [-0.05, 0) is 31.9 Å². The summed E-state index contributed by atoms with van der Waals surface area (Å²) in [6.07, 6.45) is 2.84. The van der Waals surface area contributed by atoms with Crippen molar-refractivity contribution in [3.63, 3.8) is 0 Å². The van der Waals surface area contributed by atoms with Gasteiger partial charge < -0.3 is 10.4 Å². The van der Waals surface area contributed by atoms with Gasteiger partial charge in [0, 0.05) is 11.3 Å². The van der Waals surface area contributed by atoms with E-state index >= 15 is 0 Å². The molecule has 1 saturated heterocycles. The highest BCUT2D eigenvalue weighted by Crippen LogP contribution is 2.40. The number of aliphatic carboxylic acids is 1. The predicted molar refractivity (Wildman–Crippen MR) is 62.3 cm³/mol. The molecule has 1 saturated carbocycles. The first kappa shape index (κ1) is 11.8. The molecule has 1 heterocycles. The van der Waals surface area contributed by atoms with Gasteiger partial charge in [0.05, 0.1) is 11.8 Å². The fraction of sp³-hybridized carbons (Fsp3) is 0.818. The maximum Gasteiger partial charge on any atom is 0.307 e. The largest absolute Gasteiger partial charge is 0.481 e. The zero-order chi connectivity index (χ0) is 11.8. The maximum absolute atomic E-state index is 11.6. The summed E-state index contributed by atoms with van der Waals surface area (Å²) in [5.41, 5.74) is 0. The lowest BCUT2D eigenvalue weighted by atomic mass is 10.1. The van der Waals surface area contributed by atoms with E-state index in [9.17, 15) is 9.59 Å². The van der Waals surface area contributed by atoms with Crippen molar-refractivity contribution >= 4 is 23.6 Å². The van der Waals surface area contributed by atoms with Gasteiger partial charge in [0.2, 0.25) is 5.91 Å². The van der Waals surface area contributed by atoms with E-state index < -0.39 is 11.9 Å². The van der Waals surface area contributed by atoms with Gasteiger partial charge in [-0.15, -0.1) is 0 Å². The predicted octanol–water partition coefficient (Wildman–Crippen LogP) is 1.11. The number of hydrogen-bond acceptors (Lipinski definition) is 3. The summed E-state index contributed by atoms with van der Waals surface area (Å²) in [6.45, 7) is 2.83. The normalized spacial score (nSPS) is 37.1. The molecule has 1 amide bonds. The number of carboxylic acid groups (broad SMARTS) is 1. The summed E-state index contributed by atoms with van der Waals surface area (Å²) >= 11 is 1.89. The number of carboxylic acids is 1. The molecule has 0 aromatic heterocycles. The molecule has 0 radical (unpaired) electrons. The van der Waals surface area contributed by atoms with E-state index in [1.807, 2.05) is 11.8 Å². The Morgan fingerprint density at radius 3 is 2.75 bits per heavy atom. The topological polar surface area (TPSA) is 66.4 Å². The number of thioether (sulfide) groups is 1. The van der Waals surface area contributed by atoms with E-state index in [2.05, 4.69) is 12.2 Å². The second-order valence-corrected chi connectivity index (χ2v) is 6.59. The third kappa shape index (κ3) is 2.51. The molecule has 3 atom stereocenters. The standard InChI is InChI=1S/C11H17NO3S/c1-11(3-2-4-16-11)6-12-9(13)7-5-8(7)10(14)15/h7-8H,2-6H2,1H3,(H,12,13)(H,14,15)/t7-,8+,11?/m1/s1. The third-order valence-electron chi connectivity index (χ3n) is 3.38. The van der Waals surface area contributed by atoms with Crippen LogP contribution in [0, 0.1) is 11.8 Å². The van der Waals surface area contributed by atoms with Crippen molar-refractivity contribution in [3.05, 3.63) is 0 Å². The smallest absolute Gasteiger partial charge is 0.307 e. The lowest BCUT2D eigenvalue weighted by Crippen LogP contribution is -2.37. The van der Waals surface area contributed by atoms with Crippen molar-refractivity contribution < 1.29 is 14.7 Å². The number of amides is 1. The highest BCUT2D eigenvalue weighted by Gasteiger charge is 2.48. The monoisotopic (exact) mass is 243 g/mol. The van der Waals surface area contributed by atoms with Crippen LogP contribution in [0.25, 0.3) is 0 Å². The Morgan fingerprint density at radius 2 is 2.25 bits per heavy atom. The van der Waals surface area contributed by atoms with Crippen LogP contribution < -0.4 is 5.32 Å². The lowest BCUT2D eigenvalue weighted by molar-refractivity contribution is -0.140. The minimum Gasteiger partial charge on any atom is -0.481 e. The summed E-state index contributed by atoms with van der Waals surface area (Å²) in [5, 5.41) is 11.6. The summed E-state index contributed by atoms with van der Waals surface area (Å²) in [5.74, 6) is -0.493. The van der Waals surface area contributed by atoms with Crippen LogP contribution in [0.1, 0.15) is 26.2 Å². The van der Waals surface area contributed by atoms with Crippen LogP contribution in [-0.4, -0.2) is 34.0 Å². The first-order valence-corrected chi connectivity index (χ1v) is 6.65. The number of nitrogens with one attached hydrogen (secondary N) is 1. The summed E-state index contributed by atoms with van der Waals surface area (Å²) < 4.78 is 0.156. The van der Waals surface area contributed by atoms with Crippen LogP contribution in [0.3, 0.4) is 0 Å². The van der Waals surface area contributed by atoms with Crippen molar-refractivity contribution in [2.45, 2.75) is 30.9 Å². The molecule has 1 unspecified atom stereocenters. The molecular weight excluding hydrogens is 226 g/mol. The number of hydrogen-bond donors (Lipinski definition) is 2. The van der Waals surface area contributed by atoms with Crippen LogP contribution in [0.15, 0.2) is 0 Å². The zero-order valence-corrected chi connectivity index (χ0v) is 10.2. The van der Waals surface area contributed by atoms with Crippen LogP contribution >= 0.6 is 11.8 Å². The highest BCUT2D eigenvalue weighted by molar-refractivity contribution is 8.00. The highest BCUT2D eigenvalue weighted by atomic mass is 32.2. The first-order chi connectivity index (χ1) is 7.52. The summed E-state index contributed by atoms with van der Waals surface area (Å²) in [4.78, 5) is 22.3. The van der Waals surface area contributed by atoms with Gasteiger partial charge in [-0.3, -0.25) is 9.59 Å². The molecule has 0 aromatic rings. The fourth-order valence-electron chi connectivity index (χ4n) is 2.14. The minimum absolute atomic E-state index is 0.0823. The van der Waals surface area contributed by atoms with Gasteiger partial charge in [-0.25, -0.2) is 0 Å². The Kier molecular flexibility index (Phi) is 3.15.